The summed E-state index contributed by atoms with van der Waals surface area (Å²) in [4.78, 5) is 40.5. The molecule has 1 aromatic rings. The minimum absolute atomic E-state index is 0.00920. The Labute approximate surface area is 202 Å². The van der Waals surface area contributed by atoms with E-state index in [0.717, 1.165) is 19.3 Å². The van der Waals surface area contributed by atoms with E-state index in [-0.39, 0.29) is 23.5 Å². The molecule has 33 heavy (non-hydrogen) atoms. The summed E-state index contributed by atoms with van der Waals surface area (Å²) in [5.41, 5.74) is -0.255. The lowest BCUT2D eigenvalue weighted by Gasteiger charge is -2.37. The molecule has 0 spiro atoms. The van der Waals surface area contributed by atoms with Crippen LogP contribution in [0.4, 0.5) is 4.79 Å². The Hall–Kier alpha value is -2.42. The number of carbonyl (C=O) groups is 3. The zero-order valence-electron chi connectivity index (χ0n) is 20.6. The predicted molar refractivity (Wildman–Crippen MR) is 132 cm³/mol. The summed E-state index contributed by atoms with van der Waals surface area (Å²) in [5.74, 6) is -0.812. The van der Waals surface area contributed by atoms with E-state index < -0.39 is 29.7 Å². The van der Waals surface area contributed by atoms with Crippen LogP contribution in [-0.2, 0) is 14.3 Å². The summed E-state index contributed by atoms with van der Waals surface area (Å²) in [5, 5.41) is 15.5. The number of alkyl carbamates (subject to hydrolysis) is 1. The summed E-state index contributed by atoms with van der Waals surface area (Å²) in [6.07, 6.45) is 2.08. The van der Waals surface area contributed by atoms with E-state index in [1.54, 1.807) is 46.8 Å². The largest absolute Gasteiger partial charge is 0.508 e. The molecule has 186 valence electrons. The first kappa shape index (κ1) is 28.6. The number of nitrogens with one attached hydrogen (secondary N) is 2. The maximum Gasteiger partial charge on any atom is 0.408 e. The van der Waals surface area contributed by atoms with Gasteiger partial charge in [-0.2, -0.15) is 12.6 Å². The molecule has 0 aromatic heterocycles. The van der Waals surface area contributed by atoms with Crippen LogP contribution in [-0.4, -0.2) is 57.9 Å². The molecular weight excluding hydrogens is 442 g/mol. The van der Waals surface area contributed by atoms with Crippen LogP contribution in [0.3, 0.4) is 0 Å². The smallest absolute Gasteiger partial charge is 0.408 e. The Balaban J connectivity index is 3.26. The van der Waals surface area contributed by atoms with Crippen LogP contribution >= 0.6 is 12.6 Å². The van der Waals surface area contributed by atoms with E-state index >= 15 is 0 Å². The lowest BCUT2D eigenvalue weighted by atomic mass is 10.0. The molecular formula is C24H39N3O5S. The van der Waals surface area contributed by atoms with Crippen molar-refractivity contribution in [2.45, 2.75) is 84.5 Å². The summed E-state index contributed by atoms with van der Waals surface area (Å²) >= 11 is 4.25. The number of carbonyl (C=O) groups excluding carboxylic acids is 3. The molecule has 0 radical (unpaired) electrons. The van der Waals surface area contributed by atoms with E-state index in [9.17, 15) is 19.5 Å². The van der Waals surface area contributed by atoms with Gasteiger partial charge in [-0.1, -0.05) is 31.9 Å². The molecule has 1 aromatic carbocycles. The number of thiol groups is 1. The molecule has 1 rings (SSSR count). The van der Waals surface area contributed by atoms with Crippen molar-refractivity contribution in [3.63, 3.8) is 0 Å². The molecule has 0 aliphatic carbocycles. The van der Waals surface area contributed by atoms with Crippen molar-refractivity contribution in [1.29, 1.82) is 0 Å². The van der Waals surface area contributed by atoms with Crippen LogP contribution < -0.4 is 10.6 Å². The van der Waals surface area contributed by atoms with Crippen LogP contribution in [0.5, 0.6) is 5.75 Å². The summed E-state index contributed by atoms with van der Waals surface area (Å²) in [7, 11) is 0. The van der Waals surface area contributed by atoms with Gasteiger partial charge in [0.2, 0.25) is 11.8 Å². The van der Waals surface area contributed by atoms with Crippen molar-refractivity contribution in [2.75, 3.05) is 12.3 Å². The number of rotatable bonds is 11. The normalized spacial score (nSPS) is 13.2. The first-order chi connectivity index (χ1) is 15.4. The zero-order valence-corrected chi connectivity index (χ0v) is 21.4. The molecule has 0 aliphatic heterocycles. The number of hydrogen-bond donors (Lipinski definition) is 4. The number of nitrogens with zero attached hydrogens (tertiary/aromatic N) is 1. The molecule has 0 fully saturated rings. The van der Waals surface area contributed by atoms with Crippen LogP contribution in [0.2, 0.25) is 0 Å². The highest BCUT2D eigenvalue weighted by Crippen LogP contribution is 2.27. The van der Waals surface area contributed by atoms with Gasteiger partial charge in [0.05, 0.1) is 0 Å². The van der Waals surface area contributed by atoms with Gasteiger partial charge in [0, 0.05) is 18.3 Å². The fraction of sp³-hybridized carbons (Fsp3) is 0.625. The first-order valence-electron chi connectivity index (χ1n) is 11.4. The summed E-state index contributed by atoms with van der Waals surface area (Å²) in [6.45, 7) is 11.3. The van der Waals surface area contributed by atoms with Crippen LogP contribution in [0, 0.1) is 0 Å². The van der Waals surface area contributed by atoms with Gasteiger partial charge in [-0.3, -0.25) is 9.59 Å². The van der Waals surface area contributed by atoms with Gasteiger partial charge >= 0.3 is 6.09 Å². The number of phenolic OH excluding ortho intramolecular Hbond substituents is 1. The lowest BCUT2D eigenvalue weighted by Crippen LogP contribution is -2.55. The van der Waals surface area contributed by atoms with E-state index in [2.05, 4.69) is 30.2 Å². The van der Waals surface area contributed by atoms with Crippen molar-refractivity contribution in [3.05, 3.63) is 29.8 Å². The second kappa shape index (κ2) is 13.3. The molecule has 0 heterocycles. The number of unbranched alkanes of at least 4 members (excludes halogenated alkanes) is 2. The number of hydrogen-bond acceptors (Lipinski definition) is 6. The third-order valence-electron chi connectivity index (χ3n) is 4.77. The van der Waals surface area contributed by atoms with Crippen LogP contribution in [0.15, 0.2) is 24.3 Å². The average Bonchev–Trinajstić information content (AvgIpc) is 2.71. The minimum atomic E-state index is -1.00. The van der Waals surface area contributed by atoms with E-state index in [1.807, 2.05) is 0 Å². The average molecular weight is 482 g/mol. The topological polar surface area (TPSA) is 108 Å². The molecule has 3 amide bonds. The Bertz CT molecular complexity index is 795. The molecule has 2 atom stereocenters. The number of phenols is 1. The molecule has 2 unspecified atom stereocenters. The van der Waals surface area contributed by atoms with E-state index in [4.69, 9.17) is 4.74 Å². The second-order valence-corrected chi connectivity index (χ2v) is 9.58. The number of amides is 3. The van der Waals surface area contributed by atoms with Gasteiger partial charge < -0.3 is 25.4 Å². The summed E-state index contributed by atoms with van der Waals surface area (Å²) in [6, 6.07) is 3.91. The number of aromatic hydroxyl groups is 1. The van der Waals surface area contributed by atoms with E-state index in [1.165, 1.54) is 17.0 Å². The number of benzene rings is 1. The molecule has 0 bridgehead atoms. The Morgan fingerprint density at radius 3 is 2.36 bits per heavy atom. The number of ether oxygens (including phenoxy) is 1. The minimum Gasteiger partial charge on any atom is -0.508 e. The van der Waals surface area contributed by atoms with Crippen molar-refractivity contribution >= 4 is 30.5 Å². The maximum absolute atomic E-state index is 13.6. The van der Waals surface area contributed by atoms with Crippen LogP contribution in [0.1, 0.15) is 72.4 Å². The molecule has 9 heteroatoms. The molecule has 8 nitrogen and oxygen atoms in total. The fourth-order valence-corrected chi connectivity index (χ4v) is 3.56. The van der Waals surface area contributed by atoms with Gasteiger partial charge in [0.25, 0.3) is 0 Å². The standard InChI is InChI=1S/C24H39N3O5S/c1-7-8-9-13-25-21(29)20(17-11-10-12-18(28)14-17)27(16(2)3)22(30)19(15-33)26-23(31)32-24(4,5)6/h10-12,14,16,19-20,28,33H,7-9,13,15H2,1-6H3,(H,25,29)(H,26,31). The lowest BCUT2D eigenvalue weighted by molar-refractivity contribution is -0.144. The molecule has 3 N–H and O–H groups in total. The van der Waals surface area contributed by atoms with Crippen molar-refractivity contribution in [3.8, 4) is 5.75 Å². The molecule has 0 aliphatic rings. The Kier molecular flexibility index (Phi) is 11.6. The van der Waals surface area contributed by atoms with Crippen molar-refractivity contribution in [2.24, 2.45) is 0 Å². The van der Waals surface area contributed by atoms with Crippen LogP contribution in [0.25, 0.3) is 0 Å². The highest BCUT2D eigenvalue weighted by molar-refractivity contribution is 7.80. The maximum atomic E-state index is 13.6. The van der Waals surface area contributed by atoms with Gasteiger partial charge in [-0.05, 0) is 58.7 Å². The third kappa shape index (κ3) is 9.53. The fourth-order valence-electron chi connectivity index (χ4n) is 3.31. The second-order valence-electron chi connectivity index (χ2n) is 9.22. The third-order valence-corrected chi connectivity index (χ3v) is 5.14. The Morgan fingerprint density at radius 2 is 1.85 bits per heavy atom. The van der Waals surface area contributed by atoms with E-state index in [0.29, 0.717) is 12.1 Å². The van der Waals surface area contributed by atoms with Gasteiger partial charge in [-0.15, -0.1) is 0 Å². The highest BCUT2D eigenvalue weighted by Gasteiger charge is 2.37. The SMILES string of the molecule is CCCCCNC(=O)C(c1cccc(O)c1)N(C(=O)C(CS)NC(=O)OC(C)(C)C)C(C)C. The van der Waals surface area contributed by atoms with Gasteiger partial charge in [0.1, 0.15) is 23.4 Å². The zero-order chi connectivity index (χ0) is 25.2. The quantitative estimate of drug-likeness (QED) is 0.284. The van der Waals surface area contributed by atoms with Crippen molar-refractivity contribution < 1.29 is 24.2 Å². The van der Waals surface area contributed by atoms with Crippen molar-refractivity contribution in [1.82, 2.24) is 15.5 Å². The van der Waals surface area contributed by atoms with Gasteiger partial charge in [0.15, 0.2) is 0 Å². The monoisotopic (exact) mass is 481 g/mol. The molecule has 0 saturated heterocycles. The predicted octanol–water partition coefficient (Wildman–Crippen LogP) is 3.80. The molecule has 0 saturated carbocycles. The highest BCUT2D eigenvalue weighted by atomic mass is 32.1. The Morgan fingerprint density at radius 1 is 1.18 bits per heavy atom. The van der Waals surface area contributed by atoms with Gasteiger partial charge in [-0.25, -0.2) is 4.79 Å². The first-order valence-corrected chi connectivity index (χ1v) is 12.0. The summed E-state index contributed by atoms with van der Waals surface area (Å²) < 4.78 is 5.28.